The van der Waals surface area contributed by atoms with Crippen LogP contribution < -0.4 is 4.74 Å². The van der Waals surface area contributed by atoms with Crippen LogP contribution in [0.4, 0.5) is 0 Å². The number of nitrogens with zero attached hydrogens (tertiary/aromatic N) is 3. The summed E-state index contributed by atoms with van der Waals surface area (Å²) in [7, 11) is 1.67. The molecule has 1 aromatic carbocycles. The minimum atomic E-state index is -0.0726. The van der Waals surface area contributed by atoms with Crippen LogP contribution in [0.3, 0.4) is 0 Å². The molecule has 0 aliphatic carbocycles. The van der Waals surface area contributed by atoms with E-state index in [1.54, 1.807) is 7.11 Å². The summed E-state index contributed by atoms with van der Waals surface area (Å²) < 4.78 is 7.53. The predicted molar refractivity (Wildman–Crippen MR) is 90.3 cm³/mol. The SMILES string of the molecule is CCCCn1c(-c2cccc(CO)n2)nc2ccc(OC)cc21. The van der Waals surface area contributed by atoms with Crippen LogP contribution in [0.2, 0.25) is 0 Å². The molecule has 0 unspecified atom stereocenters. The monoisotopic (exact) mass is 311 g/mol. The van der Waals surface area contributed by atoms with Gasteiger partial charge in [0.15, 0.2) is 5.82 Å². The maximum absolute atomic E-state index is 9.32. The van der Waals surface area contributed by atoms with Crippen LogP contribution in [0, 0.1) is 0 Å². The standard InChI is InChI=1S/C18H21N3O2/c1-3-4-10-21-17-11-14(23-2)8-9-15(17)20-18(21)16-7-5-6-13(12-22)19-16/h5-9,11,22H,3-4,10,12H2,1-2H3. The third kappa shape index (κ3) is 3.05. The highest BCUT2D eigenvalue weighted by atomic mass is 16.5. The Balaban J connectivity index is 2.17. The molecule has 0 saturated heterocycles. The van der Waals surface area contributed by atoms with Gasteiger partial charge in [0.2, 0.25) is 0 Å². The Morgan fingerprint density at radius 1 is 1.17 bits per heavy atom. The average molecular weight is 311 g/mol. The van der Waals surface area contributed by atoms with Crippen LogP contribution in [0.15, 0.2) is 36.4 Å². The molecule has 0 atom stereocenters. The van der Waals surface area contributed by atoms with Crippen molar-refractivity contribution in [2.45, 2.75) is 32.9 Å². The molecule has 2 aromatic heterocycles. The van der Waals surface area contributed by atoms with Crippen LogP contribution >= 0.6 is 0 Å². The molecule has 23 heavy (non-hydrogen) atoms. The lowest BCUT2D eigenvalue weighted by Gasteiger charge is -2.09. The maximum atomic E-state index is 9.32. The van der Waals surface area contributed by atoms with Crippen molar-refractivity contribution in [2.24, 2.45) is 0 Å². The van der Waals surface area contributed by atoms with E-state index in [2.05, 4.69) is 16.5 Å². The molecule has 2 heterocycles. The predicted octanol–water partition coefficient (Wildman–Crippen LogP) is 3.40. The zero-order valence-electron chi connectivity index (χ0n) is 13.5. The Kier molecular flexibility index (Phi) is 4.57. The Labute approximate surface area is 135 Å². The molecule has 1 N–H and O–H groups in total. The molecule has 5 heteroatoms. The molecule has 0 bridgehead atoms. The number of aryl methyl sites for hydroxylation is 1. The van der Waals surface area contributed by atoms with E-state index in [1.807, 2.05) is 36.4 Å². The molecule has 0 saturated carbocycles. The topological polar surface area (TPSA) is 60.2 Å². The van der Waals surface area contributed by atoms with Crippen molar-refractivity contribution in [3.05, 3.63) is 42.1 Å². The second-order valence-corrected chi connectivity index (χ2v) is 5.47. The summed E-state index contributed by atoms with van der Waals surface area (Å²) >= 11 is 0. The van der Waals surface area contributed by atoms with Crippen molar-refractivity contribution >= 4 is 11.0 Å². The molecule has 0 aliphatic rings. The Hall–Kier alpha value is -2.40. The summed E-state index contributed by atoms with van der Waals surface area (Å²) in [6.45, 7) is 2.97. The fraction of sp³-hybridized carbons (Fsp3) is 0.333. The zero-order valence-corrected chi connectivity index (χ0v) is 13.5. The molecule has 0 fully saturated rings. The number of ether oxygens (including phenoxy) is 1. The van der Waals surface area contributed by atoms with E-state index >= 15 is 0 Å². The molecule has 3 rings (SSSR count). The molecule has 0 spiro atoms. The van der Waals surface area contributed by atoms with Crippen LogP contribution in [-0.4, -0.2) is 26.8 Å². The van der Waals surface area contributed by atoms with Gasteiger partial charge in [-0.15, -0.1) is 0 Å². The summed E-state index contributed by atoms with van der Waals surface area (Å²) in [5.41, 5.74) is 3.40. The summed E-state index contributed by atoms with van der Waals surface area (Å²) in [6.07, 6.45) is 2.17. The van der Waals surface area contributed by atoms with Crippen molar-refractivity contribution in [1.29, 1.82) is 0 Å². The molecular weight excluding hydrogens is 290 g/mol. The lowest BCUT2D eigenvalue weighted by Crippen LogP contribution is -2.02. The van der Waals surface area contributed by atoms with Gasteiger partial charge in [0.1, 0.15) is 11.4 Å². The number of methoxy groups -OCH3 is 1. The molecular formula is C18H21N3O2. The van der Waals surface area contributed by atoms with Gasteiger partial charge in [-0.2, -0.15) is 0 Å². The van der Waals surface area contributed by atoms with Crippen LogP contribution in [0.5, 0.6) is 5.75 Å². The lowest BCUT2D eigenvalue weighted by molar-refractivity contribution is 0.277. The number of hydrogen-bond donors (Lipinski definition) is 1. The van der Waals surface area contributed by atoms with E-state index in [0.29, 0.717) is 5.69 Å². The lowest BCUT2D eigenvalue weighted by atomic mass is 10.2. The summed E-state index contributed by atoms with van der Waals surface area (Å²) in [5, 5.41) is 9.32. The van der Waals surface area contributed by atoms with Crippen molar-refractivity contribution in [1.82, 2.24) is 14.5 Å². The Bertz CT molecular complexity index is 811. The summed E-state index contributed by atoms with van der Waals surface area (Å²) in [4.78, 5) is 9.25. The number of benzene rings is 1. The van der Waals surface area contributed by atoms with Crippen LogP contribution in [0.25, 0.3) is 22.6 Å². The molecule has 0 amide bonds. The van der Waals surface area contributed by atoms with Gasteiger partial charge < -0.3 is 14.4 Å². The second kappa shape index (κ2) is 6.79. The summed E-state index contributed by atoms with van der Waals surface area (Å²) in [5.74, 6) is 1.65. The molecule has 120 valence electrons. The first-order chi connectivity index (χ1) is 11.3. The van der Waals surface area contributed by atoms with Gasteiger partial charge in [0, 0.05) is 12.6 Å². The highest BCUT2D eigenvalue weighted by Gasteiger charge is 2.14. The van der Waals surface area contributed by atoms with Crippen LogP contribution in [-0.2, 0) is 13.2 Å². The number of aliphatic hydroxyl groups excluding tert-OH is 1. The number of imidazole rings is 1. The molecule has 0 radical (unpaired) electrons. The highest BCUT2D eigenvalue weighted by molar-refractivity contribution is 5.81. The van der Waals surface area contributed by atoms with Gasteiger partial charge in [0.05, 0.1) is 30.4 Å². The van der Waals surface area contributed by atoms with Crippen molar-refractivity contribution < 1.29 is 9.84 Å². The first-order valence-corrected chi connectivity index (χ1v) is 7.88. The van der Waals surface area contributed by atoms with E-state index in [4.69, 9.17) is 9.72 Å². The van der Waals surface area contributed by atoms with Gasteiger partial charge in [-0.3, -0.25) is 0 Å². The van der Waals surface area contributed by atoms with E-state index in [-0.39, 0.29) is 6.61 Å². The largest absolute Gasteiger partial charge is 0.497 e. The minimum absolute atomic E-state index is 0.0726. The second-order valence-electron chi connectivity index (χ2n) is 5.47. The number of aliphatic hydroxyl groups is 1. The minimum Gasteiger partial charge on any atom is -0.497 e. The summed E-state index contributed by atoms with van der Waals surface area (Å²) in [6, 6.07) is 11.5. The Morgan fingerprint density at radius 2 is 2.04 bits per heavy atom. The van der Waals surface area contributed by atoms with E-state index < -0.39 is 0 Å². The van der Waals surface area contributed by atoms with E-state index in [0.717, 1.165) is 47.7 Å². The third-order valence-electron chi connectivity index (χ3n) is 3.89. The van der Waals surface area contributed by atoms with Crippen molar-refractivity contribution in [3.63, 3.8) is 0 Å². The zero-order chi connectivity index (χ0) is 16.2. The first-order valence-electron chi connectivity index (χ1n) is 7.88. The number of unbranched alkanes of at least 4 members (excludes halogenated alkanes) is 1. The van der Waals surface area contributed by atoms with Crippen LogP contribution in [0.1, 0.15) is 25.5 Å². The molecule has 0 aliphatic heterocycles. The highest BCUT2D eigenvalue weighted by Crippen LogP contribution is 2.27. The number of hydrogen-bond acceptors (Lipinski definition) is 4. The van der Waals surface area contributed by atoms with E-state index in [1.165, 1.54) is 0 Å². The fourth-order valence-electron chi connectivity index (χ4n) is 2.66. The average Bonchev–Trinajstić information content (AvgIpc) is 2.97. The first kappa shape index (κ1) is 15.5. The normalized spacial score (nSPS) is 11.1. The van der Waals surface area contributed by atoms with Gasteiger partial charge in [0.25, 0.3) is 0 Å². The quantitative estimate of drug-likeness (QED) is 0.758. The van der Waals surface area contributed by atoms with Gasteiger partial charge >= 0.3 is 0 Å². The number of rotatable bonds is 6. The number of pyridine rings is 1. The van der Waals surface area contributed by atoms with Gasteiger partial charge in [-0.25, -0.2) is 9.97 Å². The number of fused-ring (bicyclic) bond motifs is 1. The van der Waals surface area contributed by atoms with E-state index in [9.17, 15) is 5.11 Å². The van der Waals surface area contributed by atoms with Crippen molar-refractivity contribution in [2.75, 3.05) is 7.11 Å². The number of aromatic nitrogens is 3. The maximum Gasteiger partial charge on any atom is 0.159 e. The smallest absolute Gasteiger partial charge is 0.159 e. The van der Waals surface area contributed by atoms with Crippen molar-refractivity contribution in [3.8, 4) is 17.3 Å². The Morgan fingerprint density at radius 3 is 2.78 bits per heavy atom. The fourth-order valence-corrected chi connectivity index (χ4v) is 2.66. The third-order valence-corrected chi connectivity index (χ3v) is 3.89. The molecule has 5 nitrogen and oxygen atoms in total. The van der Waals surface area contributed by atoms with Gasteiger partial charge in [-0.05, 0) is 30.7 Å². The van der Waals surface area contributed by atoms with Gasteiger partial charge in [-0.1, -0.05) is 19.4 Å². The molecule has 3 aromatic rings.